The van der Waals surface area contributed by atoms with E-state index in [1.165, 1.54) is 23.9 Å². The van der Waals surface area contributed by atoms with Crippen molar-refractivity contribution in [1.82, 2.24) is 0 Å². The molecule has 2 aromatic rings. The fourth-order valence-corrected chi connectivity index (χ4v) is 2.86. The van der Waals surface area contributed by atoms with Crippen molar-refractivity contribution in [1.29, 1.82) is 0 Å². The molecule has 0 saturated carbocycles. The van der Waals surface area contributed by atoms with Crippen LogP contribution in [0.3, 0.4) is 0 Å². The van der Waals surface area contributed by atoms with E-state index >= 15 is 0 Å². The quantitative estimate of drug-likeness (QED) is 0.715. The van der Waals surface area contributed by atoms with Crippen molar-refractivity contribution in [2.45, 2.75) is 11.3 Å². The number of halogens is 3. The topological polar surface area (TPSA) is 17.1 Å². The van der Waals surface area contributed by atoms with Crippen LogP contribution in [0.2, 0.25) is 10.0 Å². The molecule has 0 radical (unpaired) electrons. The highest BCUT2D eigenvalue weighted by Crippen LogP contribution is 2.26. The van der Waals surface area contributed by atoms with Gasteiger partial charge in [0.25, 0.3) is 0 Å². The van der Waals surface area contributed by atoms with Gasteiger partial charge in [-0.25, -0.2) is 4.39 Å². The molecule has 0 N–H and O–H groups in total. The van der Waals surface area contributed by atoms with Gasteiger partial charge in [-0.1, -0.05) is 41.4 Å². The minimum atomic E-state index is -0.305. The van der Waals surface area contributed by atoms with Gasteiger partial charge < -0.3 is 0 Å². The average molecular weight is 329 g/mol. The second-order valence-corrected chi connectivity index (χ2v) is 6.01. The van der Waals surface area contributed by atoms with E-state index in [4.69, 9.17) is 23.2 Å². The Morgan fingerprint density at radius 3 is 2.65 bits per heavy atom. The number of rotatable bonds is 5. The summed E-state index contributed by atoms with van der Waals surface area (Å²) < 4.78 is 13.0. The first kappa shape index (κ1) is 15.4. The summed E-state index contributed by atoms with van der Waals surface area (Å²) in [7, 11) is 0. The monoisotopic (exact) mass is 328 g/mol. The summed E-state index contributed by atoms with van der Waals surface area (Å²) in [5, 5.41) is 0.855. The zero-order valence-electron chi connectivity index (χ0n) is 10.4. The van der Waals surface area contributed by atoms with Gasteiger partial charge in [0.15, 0.2) is 0 Å². The van der Waals surface area contributed by atoms with Gasteiger partial charge in [0, 0.05) is 11.3 Å². The molecule has 0 atom stereocenters. The van der Waals surface area contributed by atoms with Crippen molar-refractivity contribution in [3.63, 3.8) is 0 Å². The van der Waals surface area contributed by atoms with Gasteiger partial charge in [0.2, 0.25) is 0 Å². The zero-order valence-corrected chi connectivity index (χ0v) is 12.7. The highest BCUT2D eigenvalue weighted by Gasteiger charge is 2.10. The first-order chi connectivity index (χ1) is 9.56. The maximum absolute atomic E-state index is 13.0. The molecule has 20 heavy (non-hydrogen) atoms. The third-order valence-electron chi connectivity index (χ3n) is 2.62. The Hall–Kier alpha value is -1.03. The van der Waals surface area contributed by atoms with Crippen molar-refractivity contribution in [2.24, 2.45) is 0 Å². The number of benzene rings is 2. The molecule has 2 aromatic carbocycles. The van der Waals surface area contributed by atoms with Gasteiger partial charge >= 0.3 is 0 Å². The lowest BCUT2D eigenvalue weighted by Gasteiger charge is -2.05. The Morgan fingerprint density at radius 1 is 1.15 bits per heavy atom. The molecule has 0 aliphatic rings. The second-order valence-electron chi connectivity index (χ2n) is 4.17. The second kappa shape index (κ2) is 7.11. The smallest absolute Gasteiger partial charge is 0.147 e. The summed E-state index contributed by atoms with van der Waals surface area (Å²) in [6.45, 7) is 0. The molecular weight excluding hydrogens is 318 g/mol. The molecule has 0 amide bonds. The van der Waals surface area contributed by atoms with Gasteiger partial charge in [-0.2, -0.15) is 0 Å². The van der Waals surface area contributed by atoms with E-state index < -0.39 is 0 Å². The van der Waals surface area contributed by atoms with Crippen molar-refractivity contribution in [3.8, 4) is 0 Å². The van der Waals surface area contributed by atoms with Crippen LogP contribution in [0.1, 0.15) is 5.56 Å². The normalized spacial score (nSPS) is 10.6. The number of Topliss-reactive ketones (excluding diaryl/α,β-unsaturated/α-hetero) is 1. The Kier molecular flexibility index (Phi) is 5.46. The van der Waals surface area contributed by atoms with Gasteiger partial charge in [-0.3, -0.25) is 4.79 Å². The minimum Gasteiger partial charge on any atom is -0.298 e. The Bertz CT molecular complexity index is 631. The lowest BCUT2D eigenvalue weighted by molar-refractivity contribution is -0.116. The summed E-state index contributed by atoms with van der Waals surface area (Å²) >= 11 is 13.2. The summed E-state index contributed by atoms with van der Waals surface area (Å²) in [6.07, 6.45) is 0.224. The van der Waals surface area contributed by atoms with Crippen LogP contribution in [-0.2, 0) is 11.2 Å². The Morgan fingerprint density at radius 2 is 1.90 bits per heavy atom. The van der Waals surface area contributed by atoms with E-state index in [2.05, 4.69) is 0 Å². The van der Waals surface area contributed by atoms with Crippen molar-refractivity contribution >= 4 is 40.7 Å². The molecule has 0 aliphatic carbocycles. The fourth-order valence-electron chi connectivity index (χ4n) is 1.67. The summed E-state index contributed by atoms with van der Waals surface area (Å²) in [6, 6.07) is 11.4. The van der Waals surface area contributed by atoms with Crippen LogP contribution < -0.4 is 0 Å². The first-order valence-corrected chi connectivity index (χ1v) is 7.63. The van der Waals surface area contributed by atoms with Crippen LogP contribution >= 0.6 is 35.0 Å². The van der Waals surface area contributed by atoms with Gasteiger partial charge in [-0.15, -0.1) is 11.8 Å². The number of carbonyl (C=O) groups excluding carboxylic acids is 1. The van der Waals surface area contributed by atoms with Crippen molar-refractivity contribution < 1.29 is 9.18 Å². The summed E-state index contributed by atoms with van der Waals surface area (Å²) in [5.74, 6) is -0.0180. The van der Waals surface area contributed by atoms with E-state index in [0.717, 1.165) is 4.90 Å². The highest BCUT2D eigenvalue weighted by atomic mass is 35.5. The molecule has 5 heteroatoms. The third kappa shape index (κ3) is 4.23. The molecule has 1 nitrogen and oxygen atoms in total. The predicted molar refractivity (Wildman–Crippen MR) is 82.3 cm³/mol. The standard InChI is InChI=1S/C15H11Cl2FOS/c16-14-6-1-3-10(15(14)17)7-12(19)9-20-13-5-2-4-11(18)8-13/h1-6,8H,7,9H2. The molecule has 0 spiro atoms. The Labute approximate surface area is 131 Å². The molecular formula is C15H11Cl2FOS. The maximum atomic E-state index is 13.0. The van der Waals surface area contributed by atoms with Crippen LogP contribution in [0.25, 0.3) is 0 Å². The molecule has 0 aliphatic heterocycles. The molecule has 2 rings (SSSR count). The largest absolute Gasteiger partial charge is 0.298 e. The maximum Gasteiger partial charge on any atom is 0.147 e. The van der Waals surface area contributed by atoms with E-state index in [-0.39, 0.29) is 23.8 Å². The lowest BCUT2D eigenvalue weighted by Crippen LogP contribution is -2.06. The van der Waals surface area contributed by atoms with E-state index in [0.29, 0.717) is 15.6 Å². The van der Waals surface area contributed by atoms with Crippen molar-refractivity contribution in [3.05, 3.63) is 63.9 Å². The Balaban J connectivity index is 1.94. The minimum absolute atomic E-state index is 0.0171. The van der Waals surface area contributed by atoms with Crippen LogP contribution in [0.5, 0.6) is 0 Å². The number of hydrogen-bond acceptors (Lipinski definition) is 2. The highest BCUT2D eigenvalue weighted by molar-refractivity contribution is 8.00. The number of ketones is 1. The summed E-state index contributed by atoms with van der Waals surface area (Å²) in [5.41, 5.74) is 0.712. The first-order valence-electron chi connectivity index (χ1n) is 5.89. The molecule has 0 heterocycles. The molecule has 0 unspecified atom stereocenters. The van der Waals surface area contributed by atoms with E-state index in [9.17, 15) is 9.18 Å². The van der Waals surface area contributed by atoms with Crippen LogP contribution in [0, 0.1) is 5.82 Å². The fraction of sp³-hybridized carbons (Fsp3) is 0.133. The predicted octanol–water partition coefficient (Wildman–Crippen LogP) is 5.04. The molecule has 0 fully saturated rings. The van der Waals surface area contributed by atoms with Crippen molar-refractivity contribution in [2.75, 3.05) is 5.75 Å². The number of carbonyl (C=O) groups is 1. The summed E-state index contributed by atoms with van der Waals surface area (Å²) in [4.78, 5) is 12.6. The van der Waals surface area contributed by atoms with Gasteiger partial charge in [0.1, 0.15) is 11.6 Å². The van der Waals surface area contributed by atoms with Crippen LogP contribution in [0.4, 0.5) is 4.39 Å². The van der Waals surface area contributed by atoms with Gasteiger partial charge in [0.05, 0.1) is 15.8 Å². The molecule has 0 bridgehead atoms. The lowest BCUT2D eigenvalue weighted by atomic mass is 10.1. The number of hydrogen-bond donors (Lipinski definition) is 0. The van der Waals surface area contributed by atoms with Gasteiger partial charge in [-0.05, 0) is 29.8 Å². The molecule has 0 saturated heterocycles. The molecule has 0 aromatic heterocycles. The average Bonchev–Trinajstić information content (AvgIpc) is 2.42. The molecule has 104 valence electrons. The third-order valence-corrected chi connectivity index (χ3v) is 4.53. The SMILES string of the molecule is O=C(CSc1cccc(F)c1)Cc1cccc(Cl)c1Cl. The van der Waals surface area contributed by atoms with E-state index in [1.54, 1.807) is 30.3 Å². The zero-order chi connectivity index (χ0) is 14.5. The van der Waals surface area contributed by atoms with Crippen LogP contribution in [0.15, 0.2) is 47.4 Å². The number of thioether (sulfide) groups is 1. The van der Waals surface area contributed by atoms with E-state index in [1.807, 2.05) is 0 Å². The van der Waals surface area contributed by atoms with Crippen LogP contribution in [-0.4, -0.2) is 11.5 Å².